The Bertz CT molecular complexity index is 763. The molecule has 4 atom stereocenters. The third kappa shape index (κ3) is 11.1. The van der Waals surface area contributed by atoms with Crippen LogP contribution in [0.25, 0.3) is 0 Å². The van der Waals surface area contributed by atoms with Crippen LogP contribution in [0, 0.1) is 0 Å². The Morgan fingerprint density at radius 3 is 1.62 bits per heavy atom. The molecule has 6 amide bonds. The van der Waals surface area contributed by atoms with Crippen molar-refractivity contribution >= 4 is 54.0 Å². The highest BCUT2D eigenvalue weighted by molar-refractivity contribution is 7.80. The third-order valence-corrected chi connectivity index (χ3v) is 4.27. The molecule has 0 heterocycles. The number of hydrogen-bond donors (Lipinski definition) is 9. The molecule has 0 saturated heterocycles. The van der Waals surface area contributed by atoms with Gasteiger partial charge in [0, 0.05) is 12.2 Å². The third-order valence-electron chi connectivity index (χ3n) is 3.91. The summed E-state index contributed by atoms with van der Waals surface area (Å²) in [5.41, 5.74) is 20.5. The van der Waals surface area contributed by atoms with Crippen LogP contribution in [0.3, 0.4) is 0 Å². The number of thiol groups is 1. The maximum atomic E-state index is 12.6. The number of nitrogens with one attached hydrogen (secondary N) is 3. The zero-order chi connectivity index (χ0) is 25.0. The second-order valence-corrected chi connectivity index (χ2v) is 7.02. The van der Waals surface area contributed by atoms with Crippen LogP contribution in [0.2, 0.25) is 0 Å². The smallest absolute Gasteiger partial charge is 0.326 e. The molecule has 0 saturated carbocycles. The fourth-order valence-corrected chi connectivity index (χ4v) is 2.54. The lowest BCUT2D eigenvalue weighted by Crippen LogP contribution is -2.58. The molecular weight excluding hydrogens is 450 g/mol. The van der Waals surface area contributed by atoms with E-state index in [2.05, 4.69) is 23.3 Å². The standard InChI is InChI=1S/C16H27N7O8S/c17-6(3-11(19)25)13(27)21-7(1-2-10(18)24)14(28)23-9(5-32)15(29)22-8(16(30)31)4-12(20)26/h6-9,32H,1-5,17H2,(H2,18,24)(H2,19,25)(H2,20,26)(H,21,27)(H,22,29)(H,23,28)(H,30,31). The van der Waals surface area contributed by atoms with Crippen molar-refractivity contribution < 1.29 is 38.7 Å². The van der Waals surface area contributed by atoms with Gasteiger partial charge in [0.1, 0.15) is 18.1 Å². The summed E-state index contributed by atoms with van der Waals surface area (Å²) < 4.78 is 0. The second kappa shape index (κ2) is 13.8. The van der Waals surface area contributed by atoms with Crippen molar-refractivity contribution in [3.8, 4) is 0 Å². The van der Waals surface area contributed by atoms with Crippen molar-refractivity contribution in [3.05, 3.63) is 0 Å². The minimum atomic E-state index is -1.64. The molecule has 0 aromatic heterocycles. The van der Waals surface area contributed by atoms with Crippen LogP contribution >= 0.6 is 12.6 Å². The summed E-state index contributed by atoms with van der Waals surface area (Å²) in [6.07, 6.45) is -1.78. The van der Waals surface area contributed by atoms with Crippen molar-refractivity contribution in [1.29, 1.82) is 0 Å². The second-order valence-electron chi connectivity index (χ2n) is 6.66. The van der Waals surface area contributed by atoms with Crippen molar-refractivity contribution in [2.24, 2.45) is 22.9 Å². The summed E-state index contributed by atoms with van der Waals surface area (Å²) in [4.78, 5) is 81.1. The Labute approximate surface area is 187 Å². The number of aliphatic carboxylic acids is 1. The summed E-state index contributed by atoms with van der Waals surface area (Å²) in [6.45, 7) is 0. The summed E-state index contributed by atoms with van der Waals surface area (Å²) in [5, 5.41) is 15.6. The van der Waals surface area contributed by atoms with E-state index >= 15 is 0 Å². The summed E-state index contributed by atoms with van der Waals surface area (Å²) in [7, 11) is 0. The number of carbonyl (C=O) groups excluding carboxylic acids is 6. The molecule has 0 rings (SSSR count). The Hall–Kier alpha value is -3.40. The lowest BCUT2D eigenvalue weighted by atomic mass is 10.1. The molecule has 0 fully saturated rings. The normalized spacial score (nSPS) is 14.2. The number of primary amides is 3. The van der Waals surface area contributed by atoms with Gasteiger partial charge >= 0.3 is 5.97 Å². The molecule has 15 nitrogen and oxygen atoms in total. The Morgan fingerprint density at radius 2 is 1.19 bits per heavy atom. The molecule has 0 aliphatic rings. The lowest BCUT2D eigenvalue weighted by molar-refractivity contribution is -0.143. The van der Waals surface area contributed by atoms with E-state index in [9.17, 15) is 33.6 Å². The van der Waals surface area contributed by atoms with Crippen molar-refractivity contribution in [1.82, 2.24) is 16.0 Å². The first kappa shape index (κ1) is 28.6. The fraction of sp³-hybridized carbons (Fsp3) is 0.562. The average Bonchev–Trinajstić information content (AvgIpc) is 2.66. The van der Waals surface area contributed by atoms with Crippen LogP contribution in [-0.2, 0) is 33.6 Å². The van der Waals surface area contributed by atoms with E-state index in [0.29, 0.717) is 0 Å². The van der Waals surface area contributed by atoms with Crippen molar-refractivity contribution in [2.75, 3.05) is 5.75 Å². The van der Waals surface area contributed by atoms with E-state index in [1.165, 1.54) is 0 Å². The Kier molecular flexibility index (Phi) is 12.3. The average molecular weight is 478 g/mol. The first-order valence-corrected chi connectivity index (χ1v) is 9.76. The molecule has 4 unspecified atom stereocenters. The molecule has 0 aliphatic carbocycles. The summed E-state index contributed by atoms with van der Waals surface area (Å²) in [5.74, 6) is -7.30. The molecular formula is C16H27N7O8S. The number of nitrogens with two attached hydrogens (primary N) is 4. The predicted octanol–water partition coefficient (Wildman–Crippen LogP) is -5.20. The Morgan fingerprint density at radius 1 is 0.719 bits per heavy atom. The van der Waals surface area contributed by atoms with Gasteiger partial charge in [0.15, 0.2) is 0 Å². The predicted molar refractivity (Wildman–Crippen MR) is 111 cm³/mol. The van der Waals surface area contributed by atoms with Crippen molar-refractivity contribution in [2.45, 2.75) is 49.9 Å². The molecule has 0 spiro atoms. The van der Waals surface area contributed by atoms with Gasteiger partial charge in [0.2, 0.25) is 35.4 Å². The SMILES string of the molecule is NC(=O)CCC(NC(=O)C(N)CC(N)=O)C(=O)NC(CS)C(=O)NC(CC(N)=O)C(=O)O. The van der Waals surface area contributed by atoms with E-state index in [0.717, 1.165) is 0 Å². The van der Waals surface area contributed by atoms with Gasteiger partial charge < -0.3 is 44.0 Å². The van der Waals surface area contributed by atoms with E-state index in [1.807, 2.05) is 5.32 Å². The molecule has 32 heavy (non-hydrogen) atoms. The maximum absolute atomic E-state index is 12.6. The van der Waals surface area contributed by atoms with Gasteiger partial charge in [-0.05, 0) is 6.42 Å². The molecule has 0 aromatic rings. The van der Waals surface area contributed by atoms with Crippen LogP contribution in [-0.4, -0.2) is 76.4 Å². The zero-order valence-corrected chi connectivity index (χ0v) is 17.8. The molecule has 0 bridgehead atoms. The zero-order valence-electron chi connectivity index (χ0n) is 16.9. The van der Waals surface area contributed by atoms with Gasteiger partial charge in [-0.3, -0.25) is 28.8 Å². The minimum absolute atomic E-state index is 0.267. The van der Waals surface area contributed by atoms with Crippen LogP contribution in [0.15, 0.2) is 0 Å². The quantitative estimate of drug-likeness (QED) is 0.102. The highest BCUT2D eigenvalue weighted by Gasteiger charge is 2.30. The first-order chi connectivity index (χ1) is 14.8. The largest absolute Gasteiger partial charge is 0.480 e. The van der Waals surface area contributed by atoms with E-state index < -0.39 is 78.4 Å². The van der Waals surface area contributed by atoms with Gasteiger partial charge in [0.25, 0.3) is 0 Å². The first-order valence-electron chi connectivity index (χ1n) is 9.13. The number of carboxylic acids is 1. The molecule has 0 aromatic carbocycles. The van der Waals surface area contributed by atoms with Gasteiger partial charge in [-0.15, -0.1) is 0 Å². The summed E-state index contributed by atoms with van der Waals surface area (Å²) in [6, 6.07) is -5.78. The van der Waals surface area contributed by atoms with Gasteiger partial charge in [-0.1, -0.05) is 0 Å². The summed E-state index contributed by atoms with van der Waals surface area (Å²) >= 11 is 3.92. The number of amides is 6. The van der Waals surface area contributed by atoms with Gasteiger partial charge in [0.05, 0.1) is 18.9 Å². The van der Waals surface area contributed by atoms with Crippen LogP contribution in [0.5, 0.6) is 0 Å². The van der Waals surface area contributed by atoms with E-state index in [-0.39, 0.29) is 18.6 Å². The molecule has 16 heteroatoms. The highest BCUT2D eigenvalue weighted by Crippen LogP contribution is 2.02. The van der Waals surface area contributed by atoms with Crippen LogP contribution in [0.4, 0.5) is 0 Å². The number of hydrogen-bond acceptors (Lipinski definition) is 9. The van der Waals surface area contributed by atoms with Crippen LogP contribution < -0.4 is 38.9 Å². The monoisotopic (exact) mass is 477 g/mol. The molecule has 180 valence electrons. The van der Waals surface area contributed by atoms with E-state index in [1.54, 1.807) is 0 Å². The molecule has 12 N–H and O–H groups in total. The number of carboxylic acid groups (broad SMARTS) is 1. The Balaban J connectivity index is 5.33. The molecule has 0 radical (unpaired) electrons. The topological polar surface area (TPSA) is 280 Å². The number of carbonyl (C=O) groups is 7. The van der Waals surface area contributed by atoms with Gasteiger partial charge in [-0.25, -0.2) is 4.79 Å². The van der Waals surface area contributed by atoms with Gasteiger partial charge in [-0.2, -0.15) is 12.6 Å². The minimum Gasteiger partial charge on any atom is -0.480 e. The fourth-order valence-electron chi connectivity index (χ4n) is 2.28. The molecule has 0 aliphatic heterocycles. The van der Waals surface area contributed by atoms with Crippen LogP contribution in [0.1, 0.15) is 25.7 Å². The maximum Gasteiger partial charge on any atom is 0.326 e. The number of rotatable bonds is 15. The lowest BCUT2D eigenvalue weighted by Gasteiger charge is -2.24. The van der Waals surface area contributed by atoms with Crippen molar-refractivity contribution in [3.63, 3.8) is 0 Å². The van der Waals surface area contributed by atoms with E-state index in [4.69, 9.17) is 28.0 Å². The highest BCUT2D eigenvalue weighted by atomic mass is 32.1.